The van der Waals surface area contributed by atoms with Crippen molar-refractivity contribution in [2.24, 2.45) is 10.9 Å². The molecule has 2 heterocycles. The molecular weight excluding hydrogens is 501 g/mol. The van der Waals surface area contributed by atoms with Crippen LogP contribution >= 0.6 is 24.0 Å². The number of methoxy groups -OCH3 is 1. The topological polar surface area (TPSA) is 52.1 Å². The van der Waals surface area contributed by atoms with Gasteiger partial charge in [0.05, 0.1) is 19.7 Å². The summed E-state index contributed by atoms with van der Waals surface area (Å²) in [6, 6.07) is 8.83. The molecule has 6 nitrogen and oxygen atoms in total. The van der Waals surface area contributed by atoms with Gasteiger partial charge in [0.2, 0.25) is 0 Å². The van der Waals surface area contributed by atoms with Crippen LogP contribution in [0.5, 0.6) is 5.75 Å². The van der Waals surface area contributed by atoms with Crippen LogP contribution in [-0.4, -0.2) is 75.2 Å². The van der Waals surface area contributed by atoms with Crippen molar-refractivity contribution in [2.45, 2.75) is 45.6 Å². The quantitative estimate of drug-likeness (QED) is 0.268. The highest BCUT2D eigenvalue weighted by Gasteiger charge is 2.24. The van der Waals surface area contributed by atoms with E-state index in [0.29, 0.717) is 6.04 Å². The average Bonchev–Trinajstić information content (AvgIpc) is 3.45. The van der Waals surface area contributed by atoms with Gasteiger partial charge in [-0.05, 0) is 82.4 Å². The van der Waals surface area contributed by atoms with E-state index in [1.54, 1.807) is 7.11 Å². The van der Waals surface area contributed by atoms with Crippen molar-refractivity contribution in [2.75, 3.05) is 59.5 Å². The highest BCUT2D eigenvalue weighted by molar-refractivity contribution is 14.0. The fourth-order valence-electron chi connectivity index (χ4n) is 4.67. The summed E-state index contributed by atoms with van der Waals surface area (Å²) in [5, 5.41) is 7.06. The van der Waals surface area contributed by atoms with Gasteiger partial charge >= 0.3 is 0 Å². The first-order valence-electron chi connectivity index (χ1n) is 11.9. The third-order valence-corrected chi connectivity index (χ3v) is 6.32. The van der Waals surface area contributed by atoms with Crippen LogP contribution in [0.3, 0.4) is 0 Å². The van der Waals surface area contributed by atoms with Crippen molar-refractivity contribution < 1.29 is 4.74 Å². The summed E-state index contributed by atoms with van der Waals surface area (Å²) in [5.41, 5.74) is 1.32. The normalized spacial score (nSPS) is 21.0. The molecule has 2 fully saturated rings. The maximum Gasteiger partial charge on any atom is 0.191 e. The summed E-state index contributed by atoms with van der Waals surface area (Å²) < 4.78 is 5.34. The Balaban J connectivity index is 0.00000341. The van der Waals surface area contributed by atoms with E-state index < -0.39 is 0 Å². The fourth-order valence-corrected chi connectivity index (χ4v) is 4.67. The van der Waals surface area contributed by atoms with E-state index in [4.69, 9.17) is 9.73 Å². The van der Waals surface area contributed by atoms with Crippen LogP contribution in [0.15, 0.2) is 29.3 Å². The van der Waals surface area contributed by atoms with Gasteiger partial charge in [-0.1, -0.05) is 19.1 Å². The lowest BCUT2D eigenvalue weighted by Gasteiger charge is -2.27. The molecular formula is C24H42IN5O. The van der Waals surface area contributed by atoms with Gasteiger partial charge < -0.3 is 20.3 Å². The zero-order valence-corrected chi connectivity index (χ0v) is 21.9. The summed E-state index contributed by atoms with van der Waals surface area (Å²) in [4.78, 5) is 10.2. The number of rotatable bonds is 10. The lowest BCUT2D eigenvalue weighted by atomic mass is 10.1. The molecule has 2 aliphatic heterocycles. The van der Waals surface area contributed by atoms with Crippen molar-refractivity contribution in [1.82, 2.24) is 20.4 Å². The number of benzene rings is 1. The number of likely N-dealkylation sites (tertiary alicyclic amines) is 2. The molecule has 0 spiro atoms. The van der Waals surface area contributed by atoms with Crippen LogP contribution in [0.25, 0.3) is 0 Å². The number of ether oxygens (including phenoxy) is 1. The Morgan fingerprint density at radius 3 is 2.52 bits per heavy atom. The van der Waals surface area contributed by atoms with Crippen LogP contribution in [-0.2, 0) is 0 Å². The number of hydrogen-bond donors (Lipinski definition) is 2. The fraction of sp³-hybridized carbons (Fsp3) is 0.708. The summed E-state index contributed by atoms with van der Waals surface area (Å²) in [7, 11) is 1.72. The molecule has 3 rings (SSSR count). The molecule has 2 unspecified atom stereocenters. The Hall–Kier alpha value is -1.06. The molecule has 31 heavy (non-hydrogen) atoms. The minimum absolute atomic E-state index is 0. The molecule has 7 heteroatoms. The highest BCUT2D eigenvalue weighted by atomic mass is 127. The lowest BCUT2D eigenvalue weighted by molar-refractivity contribution is 0.251. The zero-order chi connectivity index (χ0) is 21.2. The number of halogens is 1. The number of nitrogens with zero attached hydrogens (tertiary/aromatic N) is 3. The van der Waals surface area contributed by atoms with Crippen LogP contribution in [0, 0.1) is 5.92 Å². The predicted molar refractivity (Wildman–Crippen MR) is 141 cm³/mol. The number of guanidine groups is 1. The van der Waals surface area contributed by atoms with Crippen molar-refractivity contribution >= 4 is 29.9 Å². The van der Waals surface area contributed by atoms with Gasteiger partial charge in [-0.15, -0.1) is 24.0 Å². The molecule has 0 radical (unpaired) electrons. The second kappa shape index (κ2) is 14.2. The summed E-state index contributed by atoms with van der Waals surface area (Å²) >= 11 is 0. The first-order chi connectivity index (χ1) is 14.7. The van der Waals surface area contributed by atoms with Crippen molar-refractivity contribution in [1.29, 1.82) is 0 Å². The van der Waals surface area contributed by atoms with Crippen LogP contribution in [0.2, 0.25) is 0 Å². The first-order valence-corrected chi connectivity index (χ1v) is 11.9. The van der Waals surface area contributed by atoms with Gasteiger partial charge in [-0.3, -0.25) is 9.89 Å². The Labute approximate surface area is 206 Å². The molecule has 0 amide bonds. The van der Waals surface area contributed by atoms with Crippen molar-refractivity contribution in [3.63, 3.8) is 0 Å². The number of hydrogen-bond acceptors (Lipinski definition) is 4. The monoisotopic (exact) mass is 543 g/mol. The molecule has 0 aliphatic carbocycles. The SMILES string of the molecule is CCCN1CCC(CNC(=NCC(c2ccc(OC)cc2)N2CCCC2)NCC)C1.I. The van der Waals surface area contributed by atoms with Gasteiger partial charge in [0.25, 0.3) is 0 Å². The maximum atomic E-state index is 5.34. The average molecular weight is 544 g/mol. The molecule has 176 valence electrons. The minimum atomic E-state index is 0. The van der Waals surface area contributed by atoms with Gasteiger partial charge in [0.1, 0.15) is 5.75 Å². The first kappa shape index (κ1) is 26.2. The Morgan fingerprint density at radius 1 is 1.13 bits per heavy atom. The Bertz CT molecular complexity index is 648. The van der Waals surface area contributed by atoms with E-state index in [9.17, 15) is 0 Å². The summed E-state index contributed by atoms with van der Waals surface area (Å²) in [5.74, 6) is 2.58. The van der Waals surface area contributed by atoms with E-state index in [0.717, 1.165) is 50.4 Å². The van der Waals surface area contributed by atoms with Crippen LogP contribution in [0.1, 0.15) is 51.1 Å². The molecule has 2 N–H and O–H groups in total. The Kier molecular flexibility index (Phi) is 12.0. The molecule has 0 aromatic heterocycles. The minimum Gasteiger partial charge on any atom is -0.497 e. The molecule has 2 atom stereocenters. The molecule has 1 aromatic rings. The van der Waals surface area contributed by atoms with Crippen molar-refractivity contribution in [3.8, 4) is 5.75 Å². The summed E-state index contributed by atoms with van der Waals surface area (Å²) in [6.45, 7) is 13.1. The molecule has 2 aliphatic rings. The van der Waals surface area contributed by atoms with E-state index in [-0.39, 0.29) is 24.0 Å². The van der Waals surface area contributed by atoms with Crippen molar-refractivity contribution in [3.05, 3.63) is 29.8 Å². The third kappa shape index (κ3) is 8.09. The van der Waals surface area contributed by atoms with Gasteiger partial charge in [-0.2, -0.15) is 0 Å². The molecule has 1 aromatic carbocycles. The Morgan fingerprint density at radius 2 is 1.87 bits per heavy atom. The standard InChI is InChI=1S/C24H41N5O.HI/c1-4-13-28-16-12-20(19-28)17-26-24(25-5-2)27-18-23(29-14-6-7-15-29)21-8-10-22(30-3)11-9-21;/h8-11,20,23H,4-7,12-19H2,1-3H3,(H2,25,26,27);1H. The van der Waals surface area contributed by atoms with E-state index in [1.165, 1.54) is 50.9 Å². The molecule has 2 saturated heterocycles. The van der Waals surface area contributed by atoms with Crippen LogP contribution in [0.4, 0.5) is 0 Å². The third-order valence-electron chi connectivity index (χ3n) is 6.32. The second-order valence-electron chi connectivity index (χ2n) is 8.59. The maximum absolute atomic E-state index is 5.34. The van der Waals surface area contributed by atoms with E-state index in [1.807, 2.05) is 0 Å². The van der Waals surface area contributed by atoms with E-state index >= 15 is 0 Å². The summed E-state index contributed by atoms with van der Waals surface area (Å²) in [6.07, 6.45) is 5.09. The molecule has 0 saturated carbocycles. The highest BCUT2D eigenvalue weighted by Crippen LogP contribution is 2.27. The zero-order valence-electron chi connectivity index (χ0n) is 19.6. The van der Waals surface area contributed by atoms with Gasteiger partial charge in [0.15, 0.2) is 5.96 Å². The van der Waals surface area contributed by atoms with Crippen LogP contribution < -0.4 is 15.4 Å². The largest absolute Gasteiger partial charge is 0.497 e. The van der Waals surface area contributed by atoms with E-state index in [2.05, 4.69) is 58.5 Å². The number of nitrogens with one attached hydrogen (secondary N) is 2. The van der Waals surface area contributed by atoms with Gasteiger partial charge in [-0.25, -0.2) is 0 Å². The molecule has 0 bridgehead atoms. The number of aliphatic imine (C=N–C) groups is 1. The lowest BCUT2D eigenvalue weighted by Crippen LogP contribution is -2.41. The smallest absolute Gasteiger partial charge is 0.191 e. The van der Waals surface area contributed by atoms with Gasteiger partial charge in [0, 0.05) is 19.6 Å². The second-order valence-corrected chi connectivity index (χ2v) is 8.59. The predicted octanol–water partition coefficient (Wildman–Crippen LogP) is 3.74.